The summed E-state index contributed by atoms with van der Waals surface area (Å²) in [5, 5.41) is 4.21. The maximum Gasteiger partial charge on any atom is 0.221 e. The average Bonchev–Trinajstić information content (AvgIpc) is 3.15. The first-order valence-corrected chi connectivity index (χ1v) is 9.64. The summed E-state index contributed by atoms with van der Waals surface area (Å²) < 4.78 is 10.9. The van der Waals surface area contributed by atoms with Crippen molar-refractivity contribution in [1.29, 1.82) is 0 Å². The highest BCUT2D eigenvalue weighted by atomic mass is 16.5. The maximum absolute atomic E-state index is 12.7. The molecule has 5 heteroatoms. The number of methoxy groups -OCH3 is 2. The number of hydrogen-bond donors (Lipinski definition) is 2. The van der Waals surface area contributed by atoms with Crippen molar-refractivity contribution in [3.63, 3.8) is 0 Å². The molecule has 0 spiro atoms. The van der Waals surface area contributed by atoms with Gasteiger partial charge in [-0.05, 0) is 42.7 Å². The predicted molar refractivity (Wildman–Crippen MR) is 112 cm³/mol. The summed E-state index contributed by atoms with van der Waals surface area (Å²) in [7, 11) is 3.24. The third kappa shape index (κ3) is 4.14. The van der Waals surface area contributed by atoms with E-state index in [0.717, 1.165) is 28.5 Å². The van der Waals surface area contributed by atoms with Crippen molar-refractivity contribution < 1.29 is 14.3 Å². The van der Waals surface area contributed by atoms with E-state index in [1.54, 1.807) is 14.2 Å². The molecule has 0 radical (unpaired) electrons. The molecular formula is C23H28N2O3. The van der Waals surface area contributed by atoms with Crippen LogP contribution in [0.25, 0.3) is 10.9 Å². The van der Waals surface area contributed by atoms with Crippen molar-refractivity contribution in [2.75, 3.05) is 14.2 Å². The highest BCUT2D eigenvalue weighted by Gasteiger charge is 2.23. The second kappa shape index (κ2) is 8.83. The number of aromatic nitrogens is 1. The number of rotatable bonds is 8. The van der Waals surface area contributed by atoms with Crippen molar-refractivity contribution in [2.45, 2.75) is 38.6 Å². The molecule has 0 unspecified atom stereocenters. The van der Waals surface area contributed by atoms with Crippen molar-refractivity contribution in [1.82, 2.24) is 10.3 Å². The van der Waals surface area contributed by atoms with Gasteiger partial charge in [-0.1, -0.05) is 31.2 Å². The number of carbonyl (C=O) groups excluding carboxylic acids is 1. The van der Waals surface area contributed by atoms with Gasteiger partial charge in [0, 0.05) is 35.5 Å². The first-order valence-electron chi connectivity index (χ1n) is 9.64. The van der Waals surface area contributed by atoms with Gasteiger partial charge < -0.3 is 19.8 Å². The van der Waals surface area contributed by atoms with Crippen molar-refractivity contribution in [2.24, 2.45) is 0 Å². The van der Waals surface area contributed by atoms with Gasteiger partial charge in [-0.2, -0.15) is 0 Å². The fraction of sp³-hybridized carbons (Fsp3) is 0.348. The highest BCUT2D eigenvalue weighted by molar-refractivity contribution is 5.86. The number of H-pyrrole nitrogens is 1. The number of fused-ring (bicyclic) bond motifs is 1. The Morgan fingerprint density at radius 3 is 2.57 bits per heavy atom. The Kier molecular flexibility index (Phi) is 6.24. The zero-order chi connectivity index (χ0) is 20.1. The van der Waals surface area contributed by atoms with E-state index in [4.69, 9.17) is 9.47 Å². The lowest BCUT2D eigenvalue weighted by atomic mass is 9.87. The second-order valence-corrected chi connectivity index (χ2v) is 7.04. The normalized spacial score (nSPS) is 13.1. The molecule has 2 atom stereocenters. The van der Waals surface area contributed by atoms with E-state index >= 15 is 0 Å². The van der Waals surface area contributed by atoms with Gasteiger partial charge in [0.15, 0.2) is 11.5 Å². The van der Waals surface area contributed by atoms with Crippen LogP contribution in [0.15, 0.2) is 48.7 Å². The van der Waals surface area contributed by atoms with Gasteiger partial charge in [0.1, 0.15) is 0 Å². The van der Waals surface area contributed by atoms with Crippen molar-refractivity contribution >= 4 is 16.8 Å². The Labute approximate surface area is 166 Å². The van der Waals surface area contributed by atoms with Gasteiger partial charge in [0.05, 0.1) is 14.2 Å². The number of aromatic amines is 1. The van der Waals surface area contributed by atoms with Gasteiger partial charge in [-0.3, -0.25) is 4.79 Å². The van der Waals surface area contributed by atoms with Crippen molar-refractivity contribution in [3.8, 4) is 11.5 Å². The Hall–Kier alpha value is -2.95. The molecule has 0 aliphatic heterocycles. The number of para-hydroxylation sites is 1. The lowest BCUT2D eigenvalue weighted by molar-refractivity contribution is -0.121. The molecule has 0 aliphatic carbocycles. The summed E-state index contributed by atoms with van der Waals surface area (Å²) in [6.45, 7) is 4.09. The summed E-state index contributed by atoms with van der Waals surface area (Å²) in [6.07, 6.45) is 3.27. The van der Waals surface area contributed by atoms with Gasteiger partial charge in [-0.25, -0.2) is 0 Å². The molecule has 0 saturated heterocycles. The van der Waals surface area contributed by atoms with Crippen LogP contribution in [-0.2, 0) is 4.79 Å². The molecule has 5 nitrogen and oxygen atoms in total. The van der Waals surface area contributed by atoms with Gasteiger partial charge in [0.25, 0.3) is 0 Å². The zero-order valence-electron chi connectivity index (χ0n) is 16.9. The summed E-state index contributed by atoms with van der Waals surface area (Å²) in [5.74, 6) is 1.28. The standard InChI is InChI=1S/C23H28N2O3/c1-5-15(2)25-23(26)13-18(16-10-11-21(27-3)22(12-16)28-4)19-14-24-20-9-7-6-8-17(19)20/h6-12,14-15,18,24H,5,13H2,1-4H3,(H,25,26)/t15-,18-/m1/s1. The van der Waals surface area contributed by atoms with Crippen LogP contribution < -0.4 is 14.8 Å². The topological polar surface area (TPSA) is 63.4 Å². The van der Waals surface area contributed by atoms with E-state index in [1.807, 2.05) is 49.5 Å². The van der Waals surface area contributed by atoms with Crippen LogP contribution in [0.5, 0.6) is 11.5 Å². The van der Waals surface area contributed by atoms with Crippen LogP contribution in [0.2, 0.25) is 0 Å². The number of nitrogens with one attached hydrogen (secondary N) is 2. The molecular weight excluding hydrogens is 352 g/mol. The Morgan fingerprint density at radius 1 is 1.11 bits per heavy atom. The first-order chi connectivity index (χ1) is 13.6. The summed E-state index contributed by atoms with van der Waals surface area (Å²) in [4.78, 5) is 16.1. The van der Waals surface area contributed by atoms with Crippen molar-refractivity contribution in [3.05, 3.63) is 59.8 Å². The molecule has 3 aromatic rings. The minimum absolute atomic E-state index is 0.0411. The Balaban J connectivity index is 2.03. The smallest absolute Gasteiger partial charge is 0.221 e. The van der Waals surface area contributed by atoms with Crippen LogP contribution in [0.3, 0.4) is 0 Å². The van der Waals surface area contributed by atoms with E-state index < -0.39 is 0 Å². The van der Waals surface area contributed by atoms with Crippen LogP contribution in [0.1, 0.15) is 43.7 Å². The summed E-state index contributed by atoms with van der Waals surface area (Å²) in [5.41, 5.74) is 3.18. The van der Waals surface area contributed by atoms with Gasteiger partial charge in [0.2, 0.25) is 5.91 Å². The molecule has 148 valence electrons. The molecule has 1 heterocycles. The van der Waals surface area contributed by atoms with Gasteiger partial charge >= 0.3 is 0 Å². The molecule has 0 aliphatic rings. The van der Waals surface area contributed by atoms with E-state index in [0.29, 0.717) is 17.9 Å². The third-order valence-electron chi connectivity index (χ3n) is 5.22. The Bertz CT molecular complexity index is 948. The molecule has 28 heavy (non-hydrogen) atoms. The van der Waals surface area contributed by atoms with Crippen LogP contribution in [0, 0.1) is 0 Å². The fourth-order valence-corrected chi connectivity index (χ4v) is 3.48. The molecule has 1 amide bonds. The largest absolute Gasteiger partial charge is 0.493 e. The first kappa shape index (κ1) is 19.8. The summed E-state index contributed by atoms with van der Waals surface area (Å²) >= 11 is 0. The molecule has 0 bridgehead atoms. The zero-order valence-corrected chi connectivity index (χ0v) is 16.9. The van der Waals surface area contributed by atoms with E-state index in [9.17, 15) is 4.79 Å². The molecule has 0 fully saturated rings. The Morgan fingerprint density at radius 2 is 1.86 bits per heavy atom. The maximum atomic E-state index is 12.7. The number of ether oxygens (including phenoxy) is 2. The predicted octanol–water partition coefficient (Wildman–Crippen LogP) is 4.62. The minimum atomic E-state index is -0.0972. The quantitative estimate of drug-likeness (QED) is 0.599. The third-order valence-corrected chi connectivity index (χ3v) is 5.22. The lowest BCUT2D eigenvalue weighted by Crippen LogP contribution is -2.33. The number of benzene rings is 2. The highest BCUT2D eigenvalue weighted by Crippen LogP contribution is 2.37. The fourth-order valence-electron chi connectivity index (χ4n) is 3.48. The van der Waals surface area contributed by atoms with E-state index in [2.05, 4.69) is 23.3 Å². The SMILES string of the molecule is CC[C@@H](C)NC(=O)C[C@H](c1ccc(OC)c(OC)c1)c1c[nH]c2ccccc12. The van der Waals surface area contributed by atoms with Crippen LogP contribution in [0.4, 0.5) is 0 Å². The minimum Gasteiger partial charge on any atom is -0.493 e. The van der Waals surface area contributed by atoms with E-state index in [1.165, 1.54) is 0 Å². The average molecular weight is 380 g/mol. The number of carbonyl (C=O) groups is 1. The van der Waals surface area contributed by atoms with Crippen LogP contribution in [-0.4, -0.2) is 31.2 Å². The number of hydrogen-bond acceptors (Lipinski definition) is 3. The second-order valence-electron chi connectivity index (χ2n) is 7.04. The molecule has 1 aromatic heterocycles. The lowest BCUT2D eigenvalue weighted by Gasteiger charge is -2.20. The van der Waals surface area contributed by atoms with E-state index in [-0.39, 0.29) is 17.9 Å². The monoisotopic (exact) mass is 380 g/mol. The van der Waals surface area contributed by atoms with Gasteiger partial charge in [-0.15, -0.1) is 0 Å². The van der Waals surface area contributed by atoms with Crippen LogP contribution >= 0.6 is 0 Å². The molecule has 2 aromatic carbocycles. The number of amides is 1. The molecule has 2 N–H and O–H groups in total. The molecule has 0 saturated carbocycles. The summed E-state index contributed by atoms with van der Waals surface area (Å²) in [6, 6.07) is 14.2. The molecule has 3 rings (SSSR count).